The van der Waals surface area contributed by atoms with Crippen LogP contribution in [-0.2, 0) is 0 Å². The molecule has 3 nitrogen and oxygen atoms in total. The van der Waals surface area contributed by atoms with Gasteiger partial charge in [-0.15, -0.1) is 0 Å². The molecular formula is C3H2LiN3. The maximum absolute atomic E-state index is 3.53. The summed E-state index contributed by atoms with van der Waals surface area (Å²) in [5.74, 6) is 0. The van der Waals surface area contributed by atoms with Crippen molar-refractivity contribution in [3.05, 3.63) is 19.0 Å². The van der Waals surface area contributed by atoms with Crippen molar-refractivity contribution in [2.45, 2.75) is 0 Å². The minimum atomic E-state index is 0. The van der Waals surface area contributed by atoms with Crippen LogP contribution in [-0.4, -0.2) is 15.0 Å². The number of hydrogen-bond donors (Lipinski definition) is 0. The second-order valence-electron chi connectivity index (χ2n) is 0.738. The second-order valence-corrected chi connectivity index (χ2v) is 0.738. The Hall–Kier alpha value is -0.393. The van der Waals surface area contributed by atoms with Crippen LogP contribution in [0.4, 0.5) is 0 Å². The summed E-state index contributed by atoms with van der Waals surface area (Å²) >= 11 is 0. The normalized spacial score (nSPS) is 6.86. The summed E-state index contributed by atoms with van der Waals surface area (Å²) in [7, 11) is 0. The molecule has 0 fully saturated rings. The summed E-state index contributed by atoms with van der Waals surface area (Å²) in [5, 5.41) is 0. The standard InChI is InChI=1S/C3H2N3.Li/c1-4-2-6-3-5-1;/h1-2H;/q-1;+1. The fourth-order valence-corrected chi connectivity index (χ4v) is 0.181. The number of rotatable bonds is 0. The van der Waals surface area contributed by atoms with Crippen molar-refractivity contribution < 1.29 is 18.9 Å². The summed E-state index contributed by atoms with van der Waals surface area (Å²) in [5.41, 5.74) is 0. The van der Waals surface area contributed by atoms with Gasteiger partial charge in [0.1, 0.15) is 0 Å². The summed E-state index contributed by atoms with van der Waals surface area (Å²) in [6, 6.07) is 0. The Bertz CT molecular complexity index is 82.1. The Balaban J connectivity index is 0.000000360. The Morgan fingerprint density at radius 2 is 1.71 bits per heavy atom. The van der Waals surface area contributed by atoms with Crippen molar-refractivity contribution in [1.29, 1.82) is 0 Å². The molecule has 30 valence electrons. The van der Waals surface area contributed by atoms with Crippen LogP contribution in [0.5, 0.6) is 0 Å². The van der Waals surface area contributed by atoms with E-state index in [1.807, 2.05) is 0 Å². The van der Waals surface area contributed by atoms with E-state index < -0.39 is 0 Å². The third-order valence-electron chi connectivity index (χ3n) is 0.364. The molecule has 0 saturated carbocycles. The molecule has 1 rings (SSSR count). The Labute approximate surface area is 53.4 Å². The van der Waals surface area contributed by atoms with Gasteiger partial charge >= 0.3 is 18.9 Å². The zero-order chi connectivity index (χ0) is 4.24. The molecule has 0 radical (unpaired) electrons. The topological polar surface area (TPSA) is 38.7 Å². The molecule has 0 aromatic carbocycles. The van der Waals surface area contributed by atoms with Gasteiger partial charge in [-0.1, -0.05) is 0 Å². The maximum Gasteiger partial charge on any atom is 1.00 e. The molecule has 0 spiro atoms. The number of aromatic nitrogens is 3. The van der Waals surface area contributed by atoms with E-state index in [9.17, 15) is 0 Å². The summed E-state index contributed by atoms with van der Waals surface area (Å²) < 4.78 is 0. The molecule has 4 heteroatoms. The first-order valence-corrected chi connectivity index (χ1v) is 1.48. The first-order chi connectivity index (χ1) is 3.00. The van der Waals surface area contributed by atoms with Crippen molar-refractivity contribution in [3.63, 3.8) is 0 Å². The van der Waals surface area contributed by atoms with Crippen LogP contribution in [0.3, 0.4) is 0 Å². The molecule has 0 unspecified atom stereocenters. The van der Waals surface area contributed by atoms with Crippen molar-refractivity contribution in [3.8, 4) is 0 Å². The van der Waals surface area contributed by atoms with E-state index in [1.54, 1.807) is 0 Å². The second kappa shape index (κ2) is 3.79. The average molecular weight is 87.0 g/mol. The van der Waals surface area contributed by atoms with Crippen LogP contribution in [0.1, 0.15) is 0 Å². The quantitative estimate of drug-likeness (QED) is 0.245. The minimum absolute atomic E-state index is 0. The van der Waals surface area contributed by atoms with Gasteiger partial charge in [0.05, 0.1) is 0 Å². The smallest absolute Gasteiger partial charge is 0.355 e. The van der Waals surface area contributed by atoms with Crippen LogP contribution in [0.15, 0.2) is 12.7 Å². The number of hydrogen-bond acceptors (Lipinski definition) is 3. The van der Waals surface area contributed by atoms with Gasteiger partial charge in [-0.2, -0.15) is 0 Å². The molecule has 7 heavy (non-hydrogen) atoms. The van der Waals surface area contributed by atoms with Crippen LogP contribution >= 0.6 is 0 Å². The van der Waals surface area contributed by atoms with E-state index in [-0.39, 0.29) is 18.9 Å². The molecule has 1 aromatic rings. The van der Waals surface area contributed by atoms with E-state index in [1.165, 1.54) is 12.7 Å². The zero-order valence-corrected chi connectivity index (χ0v) is 4.00. The van der Waals surface area contributed by atoms with Gasteiger partial charge in [0.15, 0.2) is 0 Å². The van der Waals surface area contributed by atoms with E-state index in [0.29, 0.717) is 0 Å². The van der Waals surface area contributed by atoms with Gasteiger partial charge in [0.2, 0.25) is 0 Å². The predicted octanol–water partition coefficient (Wildman–Crippen LogP) is -3.32. The third kappa shape index (κ3) is 2.32. The van der Waals surface area contributed by atoms with Crippen molar-refractivity contribution >= 4 is 0 Å². The van der Waals surface area contributed by atoms with Crippen molar-refractivity contribution in [2.24, 2.45) is 0 Å². The largest absolute Gasteiger partial charge is 1.00 e. The summed E-state index contributed by atoms with van der Waals surface area (Å²) in [6.07, 6.45) is 5.09. The van der Waals surface area contributed by atoms with Gasteiger partial charge in [0.25, 0.3) is 0 Å². The third-order valence-corrected chi connectivity index (χ3v) is 0.364. The zero-order valence-electron chi connectivity index (χ0n) is 4.00. The van der Waals surface area contributed by atoms with Crippen LogP contribution in [0.2, 0.25) is 0 Å². The fourth-order valence-electron chi connectivity index (χ4n) is 0.181. The van der Waals surface area contributed by atoms with Crippen LogP contribution in [0.25, 0.3) is 0 Å². The predicted molar refractivity (Wildman–Crippen MR) is 18.7 cm³/mol. The molecule has 0 aliphatic carbocycles. The molecule has 0 saturated heterocycles. The van der Waals surface area contributed by atoms with Crippen LogP contribution in [0, 0.1) is 6.33 Å². The number of nitrogens with zero attached hydrogens (tertiary/aromatic N) is 3. The van der Waals surface area contributed by atoms with Crippen molar-refractivity contribution in [1.82, 2.24) is 15.0 Å². The average Bonchev–Trinajstić information content (AvgIpc) is 1.72. The van der Waals surface area contributed by atoms with Gasteiger partial charge in [-0.05, 0) is 0 Å². The van der Waals surface area contributed by atoms with E-state index >= 15 is 0 Å². The molecule has 0 bridgehead atoms. The first kappa shape index (κ1) is 6.61. The summed E-state index contributed by atoms with van der Waals surface area (Å²) in [4.78, 5) is 10.4. The SMILES string of the molecule is [Li+].[c-]1ncncn1. The Kier molecular flexibility index (Phi) is 3.57. The van der Waals surface area contributed by atoms with Crippen molar-refractivity contribution in [2.75, 3.05) is 0 Å². The molecule has 0 atom stereocenters. The molecule has 1 aromatic heterocycles. The molecule has 1 heterocycles. The summed E-state index contributed by atoms with van der Waals surface area (Å²) in [6.45, 7) is 0. The van der Waals surface area contributed by atoms with Gasteiger partial charge in [-0.25, -0.2) is 0 Å². The van der Waals surface area contributed by atoms with Gasteiger partial charge in [0, 0.05) is 19.0 Å². The molecule has 0 amide bonds. The van der Waals surface area contributed by atoms with E-state index in [4.69, 9.17) is 0 Å². The van der Waals surface area contributed by atoms with Crippen LogP contribution < -0.4 is 18.9 Å². The van der Waals surface area contributed by atoms with Gasteiger partial charge < -0.3 is 15.0 Å². The Morgan fingerprint density at radius 3 is 1.86 bits per heavy atom. The van der Waals surface area contributed by atoms with E-state index in [2.05, 4.69) is 21.3 Å². The maximum atomic E-state index is 3.53. The molecular weight excluding hydrogens is 85.0 g/mol. The van der Waals surface area contributed by atoms with Gasteiger partial charge in [-0.3, -0.25) is 0 Å². The Morgan fingerprint density at radius 1 is 1.14 bits per heavy atom. The fraction of sp³-hybridized carbons (Fsp3) is 0. The first-order valence-electron chi connectivity index (χ1n) is 1.48. The van der Waals surface area contributed by atoms with E-state index in [0.717, 1.165) is 0 Å². The monoisotopic (exact) mass is 87.0 g/mol. The minimum Gasteiger partial charge on any atom is -0.355 e. The molecule has 0 N–H and O–H groups in total. The molecule has 0 aliphatic rings. The molecule has 0 aliphatic heterocycles.